The first kappa shape index (κ1) is 24.9. The van der Waals surface area contributed by atoms with Crippen molar-refractivity contribution in [2.24, 2.45) is 17.8 Å². The number of likely N-dealkylation sites (tertiary alicyclic amines) is 1. The molecule has 2 atom stereocenters. The van der Waals surface area contributed by atoms with Gasteiger partial charge in [-0.25, -0.2) is 0 Å². The first-order chi connectivity index (χ1) is 14.6. The van der Waals surface area contributed by atoms with Crippen molar-refractivity contribution in [1.29, 1.82) is 0 Å². The number of hydrogen-bond acceptors (Lipinski definition) is 3. The Morgan fingerprint density at radius 2 is 1.61 bits per heavy atom. The lowest BCUT2D eigenvalue weighted by atomic mass is 9.87. The number of hydrogen-bond donors (Lipinski definition) is 2. The van der Waals surface area contributed by atoms with Gasteiger partial charge >= 0.3 is 0 Å². The quantitative estimate of drug-likeness (QED) is 0.663. The minimum Gasteiger partial charge on any atom is -0.352 e. The molecule has 0 bridgehead atoms. The number of benzene rings is 1. The van der Waals surface area contributed by atoms with Crippen LogP contribution in [-0.4, -0.2) is 47.8 Å². The number of amides is 3. The van der Waals surface area contributed by atoms with E-state index >= 15 is 0 Å². The molecule has 1 fully saturated rings. The highest BCUT2D eigenvalue weighted by atomic mass is 16.2. The highest BCUT2D eigenvalue weighted by molar-refractivity contribution is 5.98. The fraction of sp³-hybridized carbons (Fsp3) is 0.640. The van der Waals surface area contributed by atoms with Crippen molar-refractivity contribution in [1.82, 2.24) is 15.5 Å². The van der Waals surface area contributed by atoms with Crippen LogP contribution >= 0.6 is 0 Å². The van der Waals surface area contributed by atoms with Crippen molar-refractivity contribution in [2.75, 3.05) is 13.1 Å². The smallest absolute Gasteiger partial charge is 0.252 e. The number of nitrogens with zero attached hydrogens (tertiary/aromatic N) is 1. The number of aryl methyl sites for hydroxylation is 1. The van der Waals surface area contributed by atoms with Gasteiger partial charge in [0.15, 0.2) is 0 Å². The second kappa shape index (κ2) is 11.3. The molecule has 0 unspecified atom stereocenters. The average molecular weight is 430 g/mol. The Morgan fingerprint density at radius 1 is 1.00 bits per heavy atom. The SMILES string of the molecule is Cc1ccccc1C(=O)N[C@H](C(=O)N[C@H](C)C(C)C)C1CCN(C(=O)CC(C)C)CC1. The maximum atomic E-state index is 13.2. The van der Waals surface area contributed by atoms with Crippen molar-refractivity contribution >= 4 is 17.7 Å². The Bertz CT molecular complexity index is 767. The summed E-state index contributed by atoms with van der Waals surface area (Å²) in [4.78, 5) is 40.5. The van der Waals surface area contributed by atoms with Crippen LogP contribution in [0.2, 0.25) is 0 Å². The molecule has 1 aliphatic heterocycles. The molecule has 6 heteroatoms. The zero-order valence-electron chi connectivity index (χ0n) is 19.9. The first-order valence-electron chi connectivity index (χ1n) is 11.5. The van der Waals surface area contributed by atoms with Gasteiger partial charge in [0.25, 0.3) is 5.91 Å². The molecule has 1 aromatic rings. The molecular formula is C25H39N3O3. The van der Waals surface area contributed by atoms with Crippen molar-refractivity contribution in [3.05, 3.63) is 35.4 Å². The maximum Gasteiger partial charge on any atom is 0.252 e. The highest BCUT2D eigenvalue weighted by Gasteiger charge is 2.34. The summed E-state index contributed by atoms with van der Waals surface area (Å²) in [6, 6.07) is 6.79. The predicted octanol–water partition coefficient (Wildman–Crippen LogP) is 3.54. The van der Waals surface area contributed by atoms with Crippen LogP contribution < -0.4 is 10.6 Å². The lowest BCUT2D eigenvalue weighted by Gasteiger charge is -2.36. The Balaban J connectivity index is 2.13. The maximum absolute atomic E-state index is 13.2. The monoisotopic (exact) mass is 429 g/mol. The van der Waals surface area contributed by atoms with Crippen LogP contribution in [0.3, 0.4) is 0 Å². The summed E-state index contributed by atoms with van der Waals surface area (Å²) in [7, 11) is 0. The molecule has 0 aliphatic carbocycles. The van der Waals surface area contributed by atoms with E-state index in [1.165, 1.54) is 0 Å². The fourth-order valence-electron chi connectivity index (χ4n) is 3.89. The van der Waals surface area contributed by atoms with E-state index in [-0.39, 0.29) is 29.7 Å². The molecule has 6 nitrogen and oxygen atoms in total. The second-order valence-corrected chi connectivity index (χ2v) is 9.62. The Labute approximate surface area is 187 Å². The zero-order valence-corrected chi connectivity index (χ0v) is 19.9. The van der Waals surface area contributed by atoms with Crippen LogP contribution in [0, 0.1) is 24.7 Å². The molecule has 0 radical (unpaired) electrons. The number of piperidine rings is 1. The summed E-state index contributed by atoms with van der Waals surface area (Å²) in [5.41, 5.74) is 1.46. The van der Waals surface area contributed by atoms with Crippen LogP contribution in [0.1, 0.15) is 69.8 Å². The lowest BCUT2D eigenvalue weighted by Crippen LogP contribution is -2.55. The molecular weight excluding hydrogens is 390 g/mol. The summed E-state index contributed by atoms with van der Waals surface area (Å²) in [6.45, 7) is 13.3. The first-order valence-corrected chi connectivity index (χ1v) is 11.5. The predicted molar refractivity (Wildman–Crippen MR) is 124 cm³/mol. The Morgan fingerprint density at radius 3 is 2.16 bits per heavy atom. The van der Waals surface area contributed by atoms with Crippen molar-refractivity contribution < 1.29 is 14.4 Å². The third kappa shape index (κ3) is 7.08. The van der Waals surface area contributed by atoms with Gasteiger partial charge in [0.05, 0.1) is 0 Å². The van der Waals surface area contributed by atoms with E-state index in [1.54, 1.807) is 6.07 Å². The molecule has 3 amide bonds. The average Bonchev–Trinajstić information content (AvgIpc) is 2.71. The summed E-state index contributed by atoms with van der Waals surface area (Å²) in [5, 5.41) is 6.08. The molecule has 1 aliphatic rings. The molecule has 172 valence electrons. The van der Waals surface area contributed by atoms with Crippen molar-refractivity contribution in [2.45, 2.75) is 72.9 Å². The van der Waals surface area contributed by atoms with Gasteiger partial charge in [-0.05, 0) is 56.1 Å². The summed E-state index contributed by atoms with van der Waals surface area (Å²) < 4.78 is 0. The Kier molecular flexibility index (Phi) is 9.08. The number of rotatable bonds is 8. The van der Waals surface area contributed by atoms with Crippen LogP contribution in [0.5, 0.6) is 0 Å². The van der Waals surface area contributed by atoms with E-state index in [4.69, 9.17) is 0 Å². The largest absolute Gasteiger partial charge is 0.352 e. The summed E-state index contributed by atoms with van der Waals surface area (Å²) in [6.07, 6.45) is 1.95. The third-order valence-corrected chi connectivity index (χ3v) is 6.28. The van der Waals surface area contributed by atoms with Crippen molar-refractivity contribution in [3.63, 3.8) is 0 Å². The third-order valence-electron chi connectivity index (χ3n) is 6.28. The van der Waals surface area contributed by atoms with Gasteiger partial charge in [-0.1, -0.05) is 45.9 Å². The van der Waals surface area contributed by atoms with Crippen molar-refractivity contribution in [3.8, 4) is 0 Å². The van der Waals surface area contributed by atoms with Gasteiger partial charge < -0.3 is 15.5 Å². The van der Waals surface area contributed by atoms with Gasteiger partial charge in [0, 0.05) is 31.1 Å². The molecule has 1 saturated heterocycles. The molecule has 0 spiro atoms. The molecule has 0 saturated carbocycles. The number of carbonyl (C=O) groups is 3. The van der Waals surface area contributed by atoms with Crippen LogP contribution in [0.15, 0.2) is 24.3 Å². The van der Waals surface area contributed by atoms with E-state index in [1.807, 2.05) is 50.8 Å². The second-order valence-electron chi connectivity index (χ2n) is 9.62. The van der Waals surface area contributed by atoms with Gasteiger partial charge in [-0.15, -0.1) is 0 Å². The summed E-state index contributed by atoms with van der Waals surface area (Å²) in [5.74, 6) is 0.424. The van der Waals surface area contributed by atoms with E-state index in [9.17, 15) is 14.4 Å². The van der Waals surface area contributed by atoms with Gasteiger partial charge in [-0.3, -0.25) is 14.4 Å². The Hall–Kier alpha value is -2.37. The van der Waals surface area contributed by atoms with Crippen LogP contribution in [-0.2, 0) is 9.59 Å². The molecule has 0 aromatic heterocycles. The van der Waals surface area contributed by atoms with Crippen LogP contribution in [0.4, 0.5) is 0 Å². The zero-order chi connectivity index (χ0) is 23.1. The number of nitrogens with one attached hydrogen (secondary N) is 2. The van der Waals surface area contributed by atoms with E-state index < -0.39 is 6.04 Å². The highest BCUT2D eigenvalue weighted by Crippen LogP contribution is 2.23. The lowest BCUT2D eigenvalue weighted by molar-refractivity contribution is -0.133. The van der Waals surface area contributed by atoms with Gasteiger partial charge in [0.2, 0.25) is 11.8 Å². The van der Waals surface area contributed by atoms with E-state index in [2.05, 4.69) is 24.5 Å². The van der Waals surface area contributed by atoms with Crippen LogP contribution in [0.25, 0.3) is 0 Å². The standard InChI is InChI=1S/C25H39N3O3/c1-16(2)15-22(29)28-13-11-20(12-14-28)23(25(31)26-19(6)17(3)4)27-24(30)21-10-8-7-9-18(21)5/h7-10,16-17,19-20,23H,11-15H2,1-6H3,(H,26,31)(H,27,30)/t19-,23+/m1/s1. The van der Waals surface area contributed by atoms with Gasteiger partial charge in [0.1, 0.15) is 6.04 Å². The normalized spacial score (nSPS) is 16.8. The molecule has 31 heavy (non-hydrogen) atoms. The molecule has 2 rings (SSSR count). The number of carbonyl (C=O) groups excluding carboxylic acids is 3. The topological polar surface area (TPSA) is 78.5 Å². The minimum absolute atomic E-state index is 0.00423. The molecule has 1 heterocycles. The fourth-order valence-corrected chi connectivity index (χ4v) is 3.89. The molecule has 2 N–H and O–H groups in total. The van der Waals surface area contributed by atoms with Gasteiger partial charge in [-0.2, -0.15) is 0 Å². The molecule has 1 aromatic carbocycles. The van der Waals surface area contributed by atoms with E-state index in [0.717, 1.165) is 5.56 Å². The summed E-state index contributed by atoms with van der Waals surface area (Å²) >= 11 is 0. The minimum atomic E-state index is -0.615. The van der Waals surface area contributed by atoms with E-state index in [0.29, 0.717) is 49.8 Å².